The highest BCUT2D eigenvalue weighted by atomic mass is 35.5. The van der Waals surface area contributed by atoms with Crippen LogP contribution < -0.4 is 0 Å². The minimum atomic E-state index is 0.411. The summed E-state index contributed by atoms with van der Waals surface area (Å²) >= 11 is 5.68. The molecular formula is C11H16ClNO. The lowest BCUT2D eigenvalue weighted by Crippen LogP contribution is -2.03. The van der Waals surface area contributed by atoms with E-state index in [1.165, 1.54) is 38.5 Å². The first kappa shape index (κ1) is 10.0. The molecule has 0 radical (unpaired) electrons. The summed E-state index contributed by atoms with van der Waals surface area (Å²) in [5.41, 5.74) is 1.02. The molecule has 1 aromatic rings. The number of halogens is 1. The van der Waals surface area contributed by atoms with Crippen LogP contribution in [0.1, 0.15) is 44.2 Å². The highest BCUT2D eigenvalue weighted by Crippen LogP contribution is 2.26. The fourth-order valence-corrected chi connectivity index (χ4v) is 2.41. The molecule has 0 aromatic carbocycles. The Balaban J connectivity index is 1.89. The molecule has 1 aliphatic carbocycles. The predicted molar refractivity (Wildman–Crippen MR) is 56.4 cm³/mol. The molecule has 0 aliphatic heterocycles. The summed E-state index contributed by atoms with van der Waals surface area (Å²) in [7, 11) is 0. The average Bonchev–Trinajstić information content (AvgIpc) is 2.43. The molecule has 0 bridgehead atoms. The molecule has 2 rings (SSSR count). The zero-order valence-corrected chi connectivity index (χ0v) is 9.09. The van der Waals surface area contributed by atoms with E-state index in [4.69, 9.17) is 16.1 Å². The van der Waals surface area contributed by atoms with Gasteiger partial charge in [-0.1, -0.05) is 43.7 Å². The van der Waals surface area contributed by atoms with Crippen LogP contribution in [0, 0.1) is 5.92 Å². The van der Waals surface area contributed by atoms with Crippen LogP contribution in [-0.2, 0) is 6.42 Å². The first-order chi connectivity index (χ1) is 6.84. The third kappa shape index (κ3) is 2.74. The van der Waals surface area contributed by atoms with Crippen LogP contribution in [0.5, 0.6) is 0 Å². The van der Waals surface area contributed by atoms with Crippen LogP contribution in [0.3, 0.4) is 0 Å². The summed E-state index contributed by atoms with van der Waals surface area (Å²) < 4.78 is 4.85. The van der Waals surface area contributed by atoms with E-state index in [2.05, 4.69) is 5.16 Å². The summed E-state index contributed by atoms with van der Waals surface area (Å²) in [6, 6.07) is 1.84. The van der Waals surface area contributed by atoms with Gasteiger partial charge in [0, 0.05) is 6.07 Å². The molecular weight excluding hydrogens is 198 g/mol. The van der Waals surface area contributed by atoms with Crippen LogP contribution in [0.25, 0.3) is 0 Å². The minimum absolute atomic E-state index is 0.411. The van der Waals surface area contributed by atoms with Crippen molar-refractivity contribution in [1.82, 2.24) is 5.16 Å². The van der Waals surface area contributed by atoms with Crippen molar-refractivity contribution in [3.63, 3.8) is 0 Å². The summed E-state index contributed by atoms with van der Waals surface area (Å²) in [5, 5.41) is 4.34. The van der Waals surface area contributed by atoms with Gasteiger partial charge in [-0.2, -0.15) is 0 Å². The van der Waals surface area contributed by atoms with Crippen molar-refractivity contribution >= 4 is 11.6 Å². The fraction of sp³-hybridized carbons (Fsp3) is 0.727. The Morgan fingerprint density at radius 3 is 2.57 bits per heavy atom. The maximum absolute atomic E-state index is 5.68. The lowest BCUT2D eigenvalue weighted by molar-refractivity contribution is 0.394. The van der Waals surface area contributed by atoms with E-state index in [1.54, 1.807) is 0 Å². The number of hydrogen-bond donors (Lipinski definition) is 0. The minimum Gasteiger partial charge on any atom is -0.344 e. The normalized spacial score (nSPS) is 19.5. The average molecular weight is 214 g/mol. The van der Waals surface area contributed by atoms with E-state index in [0.717, 1.165) is 18.0 Å². The second-order valence-electron chi connectivity index (χ2n) is 4.18. The first-order valence-corrected chi connectivity index (χ1v) is 5.83. The number of rotatable bonds is 2. The summed E-state index contributed by atoms with van der Waals surface area (Å²) in [6.07, 6.45) is 9.25. The van der Waals surface area contributed by atoms with Crippen LogP contribution in [-0.4, -0.2) is 5.16 Å². The van der Waals surface area contributed by atoms with Crippen LogP contribution in [0.4, 0.5) is 0 Å². The van der Waals surface area contributed by atoms with Crippen molar-refractivity contribution in [2.45, 2.75) is 44.9 Å². The Morgan fingerprint density at radius 2 is 2.00 bits per heavy atom. The highest BCUT2D eigenvalue weighted by molar-refractivity contribution is 6.28. The van der Waals surface area contributed by atoms with E-state index in [0.29, 0.717) is 5.22 Å². The molecule has 1 aromatic heterocycles. The summed E-state index contributed by atoms with van der Waals surface area (Å²) in [5.74, 6) is 0.790. The van der Waals surface area contributed by atoms with Gasteiger partial charge in [-0.15, -0.1) is 0 Å². The molecule has 1 heterocycles. The van der Waals surface area contributed by atoms with Crippen LogP contribution in [0.2, 0.25) is 5.22 Å². The third-order valence-corrected chi connectivity index (χ3v) is 3.18. The van der Waals surface area contributed by atoms with Gasteiger partial charge in [0.2, 0.25) is 5.22 Å². The van der Waals surface area contributed by atoms with Gasteiger partial charge in [-0.05, 0) is 23.9 Å². The van der Waals surface area contributed by atoms with Crippen molar-refractivity contribution in [2.75, 3.05) is 0 Å². The lowest BCUT2D eigenvalue weighted by Gasteiger charge is -2.10. The smallest absolute Gasteiger partial charge is 0.226 e. The summed E-state index contributed by atoms with van der Waals surface area (Å²) in [4.78, 5) is 0. The molecule has 1 aliphatic rings. The van der Waals surface area contributed by atoms with Gasteiger partial charge < -0.3 is 4.52 Å². The zero-order chi connectivity index (χ0) is 9.80. The van der Waals surface area contributed by atoms with Gasteiger partial charge in [0.25, 0.3) is 0 Å². The van der Waals surface area contributed by atoms with Gasteiger partial charge >= 0.3 is 0 Å². The zero-order valence-electron chi connectivity index (χ0n) is 8.34. The molecule has 0 amide bonds. The van der Waals surface area contributed by atoms with Crippen molar-refractivity contribution in [3.8, 4) is 0 Å². The second kappa shape index (κ2) is 4.83. The van der Waals surface area contributed by atoms with Gasteiger partial charge in [0.15, 0.2) is 0 Å². The van der Waals surface area contributed by atoms with Gasteiger partial charge in [-0.3, -0.25) is 0 Å². The Morgan fingerprint density at radius 1 is 1.29 bits per heavy atom. The molecule has 0 saturated heterocycles. The van der Waals surface area contributed by atoms with Gasteiger partial charge in [-0.25, -0.2) is 0 Å². The van der Waals surface area contributed by atoms with Crippen molar-refractivity contribution in [3.05, 3.63) is 17.0 Å². The molecule has 0 atom stereocenters. The second-order valence-corrected chi connectivity index (χ2v) is 4.56. The molecule has 1 fully saturated rings. The largest absolute Gasteiger partial charge is 0.344 e. The molecule has 78 valence electrons. The fourth-order valence-electron chi connectivity index (χ4n) is 2.25. The topological polar surface area (TPSA) is 26.0 Å². The van der Waals surface area contributed by atoms with E-state index < -0.39 is 0 Å². The van der Waals surface area contributed by atoms with E-state index >= 15 is 0 Å². The Labute approximate surface area is 89.6 Å². The molecule has 1 saturated carbocycles. The highest BCUT2D eigenvalue weighted by Gasteiger charge is 2.14. The first-order valence-electron chi connectivity index (χ1n) is 5.45. The quantitative estimate of drug-likeness (QED) is 0.698. The monoisotopic (exact) mass is 213 g/mol. The number of nitrogens with zero attached hydrogens (tertiary/aromatic N) is 1. The molecule has 0 spiro atoms. The Kier molecular flexibility index (Phi) is 3.46. The van der Waals surface area contributed by atoms with E-state index in [-0.39, 0.29) is 0 Å². The van der Waals surface area contributed by atoms with Crippen LogP contribution >= 0.6 is 11.6 Å². The van der Waals surface area contributed by atoms with Crippen molar-refractivity contribution < 1.29 is 4.52 Å². The maximum Gasteiger partial charge on any atom is 0.226 e. The van der Waals surface area contributed by atoms with Crippen LogP contribution in [0.15, 0.2) is 10.6 Å². The number of hydrogen-bond acceptors (Lipinski definition) is 2. The van der Waals surface area contributed by atoms with E-state index in [1.807, 2.05) is 6.07 Å². The van der Waals surface area contributed by atoms with Gasteiger partial charge in [0.05, 0.1) is 5.69 Å². The van der Waals surface area contributed by atoms with Gasteiger partial charge in [0.1, 0.15) is 0 Å². The standard InChI is InChI=1S/C11H16ClNO/c12-11-8-10(13-14-11)7-9-5-3-1-2-4-6-9/h8-9H,1-7H2. The van der Waals surface area contributed by atoms with E-state index in [9.17, 15) is 0 Å². The Bertz CT molecular complexity index is 277. The SMILES string of the molecule is Clc1cc(CC2CCCCCC2)no1. The molecule has 14 heavy (non-hydrogen) atoms. The van der Waals surface area contributed by atoms with Crippen molar-refractivity contribution in [1.29, 1.82) is 0 Å². The summed E-state index contributed by atoms with van der Waals surface area (Å²) in [6.45, 7) is 0. The molecule has 3 heteroatoms. The molecule has 0 unspecified atom stereocenters. The lowest BCUT2D eigenvalue weighted by atomic mass is 9.95. The van der Waals surface area contributed by atoms with Crippen molar-refractivity contribution in [2.24, 2.45) is 5.92 Å². The molecule has 0 N–H and O–H groups in total. The number of aromatic nitrogens is 1. The maximum atomic E-state index is 5.68. The predicted octanol–water partition coefficient (Wildman–Crippen LogP) is 3.84. The molecule has 2 nitrogen and oxygen atoms in total. The third-order valence-electron chi connectivity index (χ3n) is 3.00. The Hall–Kier alpha value is -0.500.